The highest BCUT2D eigenvalue weighted by molar-refractivity contribution is 6.07. The van der Waals surface area contributed by atoms with Crippen molar-refractivity contribution < 1.29 is 9.59 Å². The SMILES string of the molecule is CC(=O)Nc1cccc(C(=O)/C=C/c2cncnc2)c1. The van der Waals surface area contributed by atoms with E-state index in [1.165, 1.54) is 19.3 Å². The monoisotopic (exact) mass is 267 g/mol. The Morgan fingerprint density at radius 3 is 2.65 bits per heavy atom. The van der Waals surface area contributed by atoms with Crippen LogP contribution in [0.3, 0.4) is 0 Å². The standard InChI is InChI=1S/C15H13N3O2/c1-11(19)18-14-4-2-3-13(7-14)15(20)6-5-12-8-16-10-17-9-12/h2-10H,1H3,(H,18,19)/b6-5+. The maximum absolute atomic E-state index is 12.0. The van der Waals surface area contributed by atoms with Crippen LogP contribution in [-0.2, 0) is 4.79 Å². The van der Waals surface area contributed by atoms with Crippen molar-refractivity contribution in [2.24, 2.45) is 0 Å². The number of carbonyl (C=O) groups excluding carboxylic acids is 2. The Morgan fingerprint density at radius 2 is 1.95 bits per heavy atom. The summed E-state index contributed by atoms with van der Waals surface area (Å²) in [6, 6.07) is 6.78. The molecule has 0 saturated carbocycles. The minimum atomic E-state index is -0.174. The maximum atomic E-state index is 12.0. The molecule has 0 bridgehead atoms. The van der Waals surface area contributed by atoms with Crippen molar-refractivity contribution in [3.63, 3.8) is 0 Å². The van der Waals surface area contributed by atoms with E-state index in [0.29, 0.717) is 11.3 Å². The number of ketones is 1. The predicted molar refractivity (Wildman–Crippen MR) is 76.1 cm³/mol. The zero-order chi connectivity index (χ0) is 14.4. The molecule has 0 spiro atoms. The number of carbonyl (C=O) groups is 2. The van der Waals surface area contributed by atoms with Gasteiger partial charge in [-0.15, -0.1) is 0 Å². The van der Waals surface area contributed by atoms with E-state index in [1.54, 1.807) is 42.7 Å². The third-order valence-electron chi connectivity index (χ3n) is 2.48. The maximum Gasteiger partial charge on any atom is 0.221 e. The number of rotatable bonds is 4. The molecule has 1 amide bonds. The molecule has 5 heteroatoms. The van der Waals surface area contributed by atoms with Crippen LogP contribution in [0.5, 0.6) is 0 Å². The van der Waals surface area contributed by atoms with E-state index in [9.17, 15) is 9.59 Å². The van der Waals surface area contributed by atoms with E-state index in [-0.39, 0.29) is 11.7 Å². The first kappa shape index (κ1) is 13.6. The first-order valence-electron chi connectivity index (χ1n) is 6.00. The molecule has 5 nitrogen and oxygen atoms in total. The number of amides is 1. The van der Waals surface area contributed by atoms with Gasteiger partial charge in [0, 0.05) is 36.1 Å². The normalized spacial score (nSPS) is 10.4. The number of hydrogen-bond acceptors (Lipinski definition) is 4. The zero-order valence-corrected chi connectivity index (χ0v) is 10.9. The summed E-state index contributed by atoms with van der Waals surface area (Å²) >= 11 is 0. The van der Waals surface area contributed by atoms with Gasteiger partial charge in [0.05, 0.1) is 0 Å². The van der Waals surface area contributed by atoms with Crippen LogP contribution in [0, 0.1) is 0 Å². The van der Waals surface area contributed by atoms with Gasteiger partial charge in [-0.25, -0.2) is 9.97 Å². The molecule has 0 radical (unpaired) electrons. The van der Waals surface area contributed by atoms with Gasteiger partial charge in [-0.1, -0.05) is 12.1 Å². The summed E-state index contributed by atoms with van der Waals surface area (Å²) in [5.74, 6) is -0.326. The van der Waals surface area contributed by atoms with Crippen molar-refractivity contribution in [3.05, 3.63) is 60.2 Å². The van der Waals surface area contributed by atoms with E-state index in [0.717, 1.165) is 5.56 Å². The molecule has 1 N–H and O–H groups in total. The topological polar surface area (TPSA) is 72.0 Å². The molecule has 100 valence electrons. The summed E-state index contributed by atoms with van der Waals surface area (Å²) in [5.41, 5.74) is 1.85. The highest BCUT2D eigenvalue weighted by Crippen LogP contribution is 2.12. The zero-order valence-electron chi connectivity index (χ0n) is 10.9. The van der Waals surface area contributed by atoms with E-state index in [1.807, 2.05) is 0 Å². The molecule has 0 aliphatic heterocycles. The lowest BCUT2D eigenvalue weighted by Gasteiger charge is -2.03. The summed E-state index contributed by atoms with van der Waals surface area (Å²) in [7, 11) is 0. The van der Waals surface area contributed by atoms with Crippen LogP contribution >= 0.6 is 0 Å². The molecule has 0 unspecified atom stereocenters. The Labute approximate surface area is 116 Å². The molecule has 0 atom stereocenters. The highest BCUT2D eigenvalue weighted by Gasteiger charge is 2.03. The molecule has 2 rings (SSSR count). The Bertz CT molecular complexity index is 651. The fraction of sp³-hybridized carbons (Fsp3) is 0.0667. The van der Waals surface area contributed by atoms with Crippen LogP contribution in [0.15, 0.2) is 49.1 Å². The summed E-state index contributed by atoms with van der Waals surface area (Å²) in [6.07, 6.45) is 7.75. The van der Waals surface area contributed by atoms with E-state index >= 15 is 0 Å². The number of aromatic nitrogens is 2. The van der Waals surface area contributed by atoms with Crippen LogP contribution in [0.2, 0.25) is 0 Å². The van der Waals surface area contributed by atoms with Gasteiger partial charge in [0.1, 0.15) is 6.33 Å². The summed E-state index contributed by atoms with van der Waals surface area (Å²) < 4.78 is 0. The predicted octanol–water partition coefficient (Wildman–Crippen LogP) is 2.33. The molecular formula is C15H13N3O2. The van der Waals surface area contributed by atoms with Gasteiger partial charge in [0.15, 0.2) is 5.78 Å². The minimum absolute atomic E-state index is 0.152. The lowest BCUT2D eigenvalue weighted by molar-refractivity contribution is -0.114. The van der Waals surface area contributed by atoms with Gasteiger partial charge in [0.2, 0.25) is 5.91 Å². The molecule has 1 aromatic carbocycles. The van der Waals surface area contributed by atoms with Gasteiger partial charge >= 0.3 is 0 Å². The van der Waals surface area contributed by atoms with Gasteiger partial charge in [-0.05, 0) is 24.3 Å². The number of allylic oxidation sites excluding steroid dienone is 1. The van der Waals surface area contributed by atoms with Gasteiger partial charge in [0.25, 0.3) is 0 Å². The fourth-order valence-electron chi connectivity index (χ4n) is 1.62. The molecule has 0 fully saturated rings. The average molecular weight is 267 g/mol. The smallest absolute Gasteiger partial charge is 0.221 e. The Hall–Kier alpha value is -2.82. The number of anilines is 1. The number of benzene rings is 1. The van der Waals surface area contributed by atoms with Crippen molar-refractivity contribution in [1.29, 1.82) is 0 Å². The van der Waals surface area contributed by atoms with Crippen molar-refractivity contribution >= 4 is 23.5 Å². The molecule has 0 aliphatic rings. The Morgan fingerprint density at radius 1 is 1.20 bits per heavy atom. The van der Waals surface area contributed by atoms with Crippen LogP contribution < -0.4 is 5.32 Å². The second kappa shape index (κ2) is 6.38. The summed E-state index contributed by atoms with van der Waals surface area (Å²) in [5, 5.41) is 2.64. The fourth-order valence-corrected chi connectivity index (χ4v) is 1.62. The third-order valence-corrected chi connectivity index (χ3v) is 2.48. The van der Waals surface area contributed by atoms with Crippen LogP contribution in [-0.4, -0.2) is 21.7 Å². The molecule has 1 aromatic heterocycles. The van der Waals surface area contributed by atoms with Crippen molar-refractivity contribution in [3.8, 4) is 0 Å². The molecule has 2 aromatic rings. The molecule has 20 heavy (non-hydrogen) atoms. The number of nitrogens with one attached hydrogen (secondary N) is 1. The first-order valence-corrected chi connectivity index (χ1v) is 6.00. The molecular weight excluding hydrogens is 254 g/mol. The Kier molecular flexibility index (Phi) is 4.34. The van der Waals surface area contributed by atoms with E-state index in [2.05, 4.69) is 15.3 Å². The highest BCUT2D eigenvalue weighted by atomic mass is 16.1. The lowest BCUT2D eigenvalue weighted by Crippen LogP contribution is -2.06. The quantitative estimate of drug-likeness (QED) is 0.681. The van der Waals surface area contributed by atoms with Crippen molar-refractivity contribution in [2.45, 2.75) is 6.92 Å². The second-order valence-corrected chi connectivity index (χ2v) is 4.13. The largest absolute Gasteiger partial charge is 0.326 e. The van der Waals surface area contributed by atoms with E-state index < -0.39 is 0 Å². The molecule has 1 heterocycles. The lowest BCUT2D eigenvalue weighted by atomic mass is 10.1. The first-order chi connectivity index (χ1) is 9.65. The summed E-state index contributed by atoms with van der Waals surface area (Å²) in [6.45, 7) is 1.42. The van der Waals surface area contributed by atoms with Crippen molar-refractivity contribution in [1.82, 2.24) is 9.97 Å². The number of nitrogens with zero attached hydrogens (tertiary/aromatic N) is 2. The Balaban J connectivity index is 2.13. The van der Waals surface area contributed by atoms with Gasteiger partial charge < -0.3 is 5.32 Å². The van der Waals surface area contributed by atoms with Crippen LogP contribution in [0.25, 0.3) is 6.08 Å². The average Bonchev–Trinajstić information content (AvgIpc) is 2.45. The number of hydrogen-bond donors (Lipinski definition) is 1. The summed E-state index contributed by atoms with van der Waals surface area (Å²) in [4.78, 5) is 30.7. The van der Waals surface area contributed by atoms with Crippen LogP contribution in [0.1, 0.15) is 22.8 Å². The third kappa shape index (κ3) is 3.84. The van der Waals surface area contributed by atoms with Crippen molar-refractivity contribution in [2.75, 3.05) is 5.32 Å². The van der Waals surface area contributed by atoms with E-state index in [4.69, 9.17) is 0 Å². The second-order valence-electron chi connectivity index (χ2n) is 4.13. The minimum Gasteiger partial charge on any atom is -0.326 e. The van der Waals surface area contributed by atoms with Gasteiger partial charge in [-0.3, -0.25) is 9.59 Å². The van der Waals surface area contributed by atoms with Gasteiger partial charge in [-0.2, -0.15) is 0 Å². The molecule has 0 aliphatic carbocycles. The van der Waals surface area contributed by atoms with Crippen LogP contribution in [0.4, 0.5) is 5.69 Å². The molecule has 0 saturated heterocycles.